The van der Waals surface area contributed by atoms with Crippen LogP contribution in [0.1, 0.15) is 24.5 Å². The largest absolute Gasteiger partial charge is 0.466 e. The van der Waals surface area contributed by atoms with Gasteiger partial charge in [0.05, 0.1) is 13.0 Å². The maximum atomic E-state index is 12.7. The number of hydrogen-bond acceptors (Lipinski definition) is 3. The first-order valence-electron chi connectivity index (χ1n) is 5.07. The topological polar surface area (TPSA) is 39.2 Å². The smallest absolute Gasteiger partial charge is 0.309 e. The van der Waals surface area contributed by atoms with Crippen molar-refractivity contribution in [1.82, 2.24) is 4.98 Å². The molecule has 0 atom stereocenters. The van der Waals surface area contributed by atoms with Gasteiger partial charge in [-0.3, -0.25) is 4.79 Å². The molecule has 0 fully saturated rings. The maximum Gasteiger partial charge on any atom is 0.309 e. The predicted octanol–water partition coefficient (Wildman–Crippen LogP) is 2.50. The second-order valence-electron chi connectivity index (χ2n) is 3.28. The molecule has 4 heteroatoms. The summed E-state index contributed by atoms with van der Waals surface area (Å²) >= 11 is 0. The Kier molecular flexibility index (Phi) is 4.64. The normalized spacial score (nSPS) is 10.7. The molecule has 0 radical (unpaired) electrons. The highest BCUT2D eigenvalue weighted by atomic mass is 19.1. The number of ether oxygens (including phenoxy) is 1. The first-order valence-corrected chi connectivity index (χ1v) is 5.07. The Hall–Kier alpha value is -1.71. The second-order valence-corrected chi connectivity index (χ2v) is 3.28. The summed E-state index contributed by atoms with van der Waals surface area (Å²) in [5, 5.41) is 0. The van der Waals surface area contributed by atoms with E-state index in [4.69, 9.17) is 4.74 Å². The van der Waals surface area contributed by atoms with Crippen LogP contribution in [0.5, 0.6) is 0 Å². The van der Waals surface area contributed by atoms with Gasteiger partial charge in [-0.1, -0.05) is 12.2 Å². The molecule has 0 aliphatic rings. The monoisotopic (exact) mass is 223 g/mol. The molecule has 1 aromatic heterocycles. The molecule has 0 amide bonds. The van der Waals surface area contributed by atoms with Gasteiger partial charge in [0, 0.05) is 6.20 Å². The molecule has 0 spiro atoms. The molecule has 1 heterocycles. The molecule has 16 heavy (non-hydrogen) atoms. The van der Waals surface area contributed by atoms with Crippen LogP contribution in [0.25, 0.3) is 6.08 Å². The molecular weight excluding hydrogens is 209 g/mol. The molecular formula is C12H14FNO2. The fraction of sp³-hybridized carbons (Fsp3) is 0.333. The third-order valence-corrected chi connectivity index (χ3v) is 2.01. The molecule has 0 aromatic carbocycles. The van der Waals surface area contributed by atoms with E-state index in [0.717, 1.165) is 11.1 Å². The lowest BCUT2D eigenvalue weighted by atomic mass is 10.1. The average molecular weight is 223 g/mol. The van der Waals surface area contributed by atoms with Gasteiger partial charge in [0.15, 0.2) is 0 Å². The number of rotatable bonds is 4. The number of aromatic nitrogens is 1. The lowest BCUT2D eigenvalue weighted by molar-refractivity contribution is -0.142. The third-order valence-electron chi connectivity index (χ3n) is 2.01. The molecule has 3 nitrogen and oxygen atoms in total. The molecule has 0 unspecified atom stereocenters. The molecule has 0 aliphatic heterocycles. The summed E-state index contributed by atoms with van der Waals surface area (Å²) in [6.07, 6.45) is 5.07. The van der Waals surface area contributed by atoms with Crippen molar-refractivity contribution in [2.75, 3.05) is 6.61 Å². The Labute approximate surface area is 94.0 Å². The van der Waals surface area contributed by atoms with Crippen molar-refractivity contribution < 1.29 is 13.9 Å². The fourth-order valence-corrected chi connectivity index (χ4v) is 1.21. The lowest BCUT2D eigenvalue weighted by Crippen LogP contribution is -2.01. The van der Waals surface area contributed by atoms with E-state index in [1.165, 1.54) is 12.3 Å². The van der Waals surface area contributed by atoms with Crippen molar-refractivity contribution in [2.24, 2.45) is 0 Å². The van der Waals surface area contributed by atoms with Crippen LogP contribution < -0.4 is 0 Å². The maximum absolute atomic E-state index is 12.7. The molecule has 0 N–H and O–H groups in total. The third kappa shape index (κ3) is 3.81. The van der Waals surface area contributed by atoms with Crippen LogP contribution in [0.2, 0.25) is 0 Å². The van der Waals surface area contributed by atoms with Crippen LogP contribution in [-0.2, 0) is 9.53 Å². The van der Waals surface area contributed by atoms with E-state index in [1.54, 1.807) is 26.0 Å². The molecule has 1 aromatic rings. The molecule has 0 aliphatic carbocycles. The number of carbonyl (C=O) groups is 1. The van der Waals surface area contributed by atoms with Gasteiger partial charge < -0.3 is 4.74 Å². The molecule has 0 saturated carbocycles. The van der Waals surface area contributed by atoms with Crippen LogP contribution in [0.15, 0.2) is 18.3 Å². The molecule has 0 bridgehead atoms. The molecule has 0 saturated heterocycles. The van der Waals surface area contributed by atoms with E-state index in [1.807, 2.05) is 0 Å². The first-order chi connectivity index (χ1) is 7.63. The van der Waals surface area contributed by atoms with Gasteiger partial charge in [-0.25, -0.2) is 4.98 Å². The number of halogens is 1. The summed E-state index contributed by atoms with van der Waals surface area (Å²) in [6, 6.07) is 1.35. The predicted molar refractivity (Wildman–Crippen MR) is 59.2 cm³/mol. The standard InChI is InChI=1S/C12H14FNO2/c1-3-16-12(15)6-4-5-10-8-14-11(13)7-9(10)2/h4-5,7-8H,3,6H2,1-2H3. The number of hydrogen-bond donors (Lipinski definition) is 0. The minimum absolute atomic E-state index is 0.213. The number of esters is 1. The van der Waals surface area contributed by atoms with Crippen LogP contribution >= 0.6 is 0 Å². The SMILES string of the molecule is CCOC(=O)CC=Cc1cnc(F)cc1C. The highest BCUT2D eigenvalue weighted by Gasteiger charge is 1.99. The van der Waals surface area contributed by atoms with Gasteiger partial charge >= 0.3 is 5.97 Å². The van der Waals surface area contributed by atoms with E-state index in [9.17, 15) is 9.18 Å². The quantitative estimate of drug-likeness (QED) is 0.581. The van der Waals surface area contributed by atoms with Gasteiger partial charge in [0.1, 0.15) is 0 Å². The minimum atomic E-state index is -0.500. The van der Waals surface area contributed by atoms with Crippen molar-refractivity contribution in [3.8, 4) is 0 Å². The Morgan fingerprint density at radius 2 is 2.38 bits per heavy atom. The average Bonchev–Trinajstić information content (AvgIpc) is 2.22. The highest BCUT2D eigenvalue weighted by Crippen LogP contribution is 2.09. The summed E-state index contributed by atoms with van der Waals surface area (Å²) in [7, 11) is 0. The summed E-state index contributed by atoms with van der Waals surface area (Å²) < 4.78 is 17.5. The summed E-state index contributed by atoms with van der Waals surface area (Å²) in [5.41, 5.74) is 1.58. The Bertz CT molecular complexity index is 402. The zero-order valence-electron chi connectivity index (χ0n) is 9.37. The lowest BCUT2D eigenvalue weighted by Gasteiger charge is -1.99. The van der Waals surface area contributed by atoms with Gasteiger partial charge in [-0.05, 0) is 31.0 Å². The first kappa shape index (κ1) is 12.4. The van der Waals surface area contributed by atoms with Gasteiger partial charge in [0.25, 0.3) is 0 Å². The van der Waals surface area contributed by atoms with E-state index >= 15 is 0 Å². The van der Waals surface area contributed by atoms with Gasteiger partial charge in [0.2, 0.25) is 5.95 Å². The second kappa shape index (κ2) is 6.00. The summed E-state index contributed by atoms with van der Waals surface area (Å²) in [6.45, 7) is 3.92. The number of pyridine rings is 1. The van der Waals surface area contributed by atoms with Crippen molar-refractivity contribution in [1.29, 1.82) is 0 Å². The van der Waals surface area contributed by atoms with Gasteiger partial charge in [-0.15, -0.1) is 0 Å². The van der Waals surface area contributed by atoms with Gasteiger partial charge in [-0.2, -0.15) is 4.39 Å². The highest BCUT2D eigenvalue weighted by molar-refractivity contribution is 5.72. The zero-order valence-corrected chi connectivity index (χ0v) is 9.37. The van der Waals surface area contributed by atoms with Crippen LogP contribution in [0.3, 0.4) is 0 Å². The number of aryl methyl sites for hydroxylation is 1. The van der Waals surface area contributed by atoms with Crippen molar-refractivity contribution in [3.05, 3.63) is 35.4 Å². The Balaban J connectivity index is 2.59. The summed E-state index contributed by atoms with van der Waals surface area (Å²) in [4.78, 5) is 14.6. The number of carbonyl (C=O) groups excluding carboxylic acids is 1. The summed E-state index contributed by atoms with van der Waals surface area (Å²) in [5.74, 6) is -0.772. The van der Waals surface area contributed by atoms with Crippen LogP contribution in [0.4, 0.5) is 4.39 Å². The van der Waals surface area contributed by atoms with E-state index in [0.29, 0.717) is 6.61 Å². The van der Waals surface area contributed by atoms with E-state index in [-0.39, 0.29) is 12.4 Å². The van der Waals surface area contributed by atoms with E-state index in [2.05, 4.69) is 4.98 Å². The van der Waals surface area contributed by atoms with Crippen molar-refractivity contribution in [3.63, 3.8) is 0 Å². The fourth-order valence-electron chi connectivity index (χ4n) is 1.21. The van der Waals surface area contributed by atoms with Crippen molar-refractivity contribution in [2.45, 2.75) is 20.3 Å². The minimum Gasteiger partial charge on any atom is -0.466 e. The Morgan fingerprint density at radius 3 is 3.00 bits per heavy atom. The Morgan fingerprint density at radius 1 is 1.62 bits per heavy atom. The van der Waals surface area contributed by atoms with E-state index < -0.39 is 5.95 Å². The van der Waals surface area contributed by atoms with Crippen molar-refractivity contribution >= 4 is 12.0 Å². The molecule has 86 valence electrons. The molecule has 1 rings (SSSR count). The zero-order chi connectivity index (χ0) is 12.0. The number of nitrogens with zero attached hydrogens (tertiary/aromatic N) is 1. The van der Waals surface area contributed by atoms with Crippen LogP contribution in [0, 0.1) is 12.9 Å². The van der Waals surface area contributed by atoms with Crippen LogP contribution in [-0.4, -0.2) is 17.6 Å².